The van der Waals surface area contributed by atoms with Crippen molar-refractivity contribution in [1.82, 2.24) is 5.32 Å². The second-order valence-corrected chi connectivity index (χ2v) is 5.45. The van der Waals surface area contributed by atoms with Gasteiger partial charge in [-0.1, -0.05) is 28.1 Å². The number of carbonyl (C=O) groups is 1. The van der Waals surface area contributed by atoms with Crippen LogP contribution in [0.4, 0.5) is 5.69 Å². The van der Waals surface area contributed by atoms with E-state index in [0.717, 1.165) is 10.0 Å². The Balaban J connectivity index is 2.04. The van der Waals surface area contributed by atoms with Crippen LogP contribution in [-0.4, -0.2) is 12.5 Å². The third kappa shape index (κ3) is 4.49. The van der Waals surface area contributed by atoms with Crippen LogP contribution in [0.5, 0.6) is 5.75 Å². The Morgan fingerprint density at radius 2 is 1.95 bits per heavy atom. The number of halogens is 1. The quantitative estimate of drug-likeness (QED) is 0.814. The van der Waals surface area contributed by atoms with Crippen LogP contribution in [-0.2, 0) is 6.54 Å². The lowest BCUT2D eigenvalue weighted by atomic mass is 10.1. The van der Waals surface area contributed by atoms with Gasteiger partial charge in [0.1, 0.15) is 5.75 Å². The van der Waals surface area contributed by atoms with Gasteiger partial charge >= 0.3 is 0 Å². The van der Waals surface area contributed by atoms with Crippen LogP contribution < -0.4 is 15.8 Å². The molecule has 0 heterocycles. The van der Waals surface area contributed by atoms with Gasteiger partial charge in [0.15, 0.2) is 0 Å². The Bertz CT molecular complexity index is 627. The van der Waals surface area contributed by atoms with Gasteiger partial charge in [-0.05, 0) is 36.8 Å². The molecule has 0 aromatic heterocycles. The van der Waals surface area contributed by atoms with Crippen molar-refractivity contribution >= 4 is 27.5 Å². The Labute approximate surface area is 132 Å². The van der Waals surface area contributed by atoms with Crippen LogP contribution in [0.3, 0.4) is 0 Å². The number of amides is 1. The molecule has 0 spiro atoms. The maximum Gasteiger partial charge on any atom is 0.251 e. The van der Waals surface area contributed by atoms with E-state index in [1.165, 1.54) is 0 Å². The SMILES string of the molecule is CCOc1cc(N)cc(C(=O)NCc2ccc(Br)cc2)c1. The molecule has 5 heteroatoms. The molecular formula is C16H17BrN2O2. The summed E-state index contributed by atoms with van der Waals surface area (Å²) >= 11 is 3.38. The molecule has 0 aliphatic rings. The molecule has 0 unspecified atom stereocenters. The van der Waals surface area contributed by atoms with Gasteiger partial charge in [-0.2, -0.15) is 0 Å². The number of ether oxygens (including phenoxy) is 1. The molecule has 2 rings (SSSR count). The Morgan fingerprint density at radius 3 is 2.62 bits per heavy atom. The molecule has 110 valence electrons. The highest BCUT2D eigenvalue weighted by Crippen LogP contribution is 2.19. The van der Waals surface area contributed by atoms with Crippen molar-refractivity contribution in [1.29, 1.82) is 0 Å². The first-order valence-corrected chi connectivity index (χ1v) is 7.44. The van der Waals surface area contributed by atoms with Crippen molar-refractivity contribution in [2.75, 3.05) is 12.3 Å². The summed E-state index contributed by atoms with van der Waals surface area (Å²) in [6.07, 6.45) is 0. The molecule has 0 atom stereocenters. The minimum atomic E-state index is -0.175. The smallest absolute Gasteiger partial charge is 0.251 e. The van der Waals surface area contributed by atoms with Crippen LogP contribution in [0.2, 0.25) is 0 Å². The van der Waals surface area contributed by atoms with Gasteiger partial charge in [0.05, 0.1) is 6.61 Å². The van der Waals surface area contributed by atoms with Crippen molar-refractivity contribution in [3.63, 3.8) is 0 Å². The average molecular weight is 349 g/mol. The predicted molar refractivity (Wildman–Crippen MR) is 87.3 cm³/mol. The van der Waals surface area contributed by atoms with E-state index in [1.54, 1.807) is 18.2 Å². The van der Waals surface area contributed by atoms with Crippen molar-refractivity contribution in [3.05, 3.63) is 58.1 Å². The molecule has 1 amide bonds. The van der Waals surface area contributed by atoms with E-state index < -0.39 is 0 Å². The number of rotatable bonds is 5. The van der Waals surface area contributed by atoms with E-state index in [9.17, 15) is 4.79 Å². The molecule has 0 aliphatic carbocycles. The minimum absolute atomic E-state index is 0.175. The predicted octanol–water partition coefficient (Wildman–Crippen LogP) is 3.36. The molecule has 0 saturated heterocycles. The molecule has 4 nitrogen and oxygen atoms in total. The minimum Gasteiger partial charge on any atom is -0.494 e. The summed E-state index contributed by atoms with van der Waals surface area (Å²) in [7, 11) is 0. The first kappa shape index (κ1) is 15.4. The Kier molecular flexibility index (Phi) is 5.22. The first-order chi connectivity index (χ1) is 10.1. The zero-order valence-electron chi connectivity index (χ0n) is 11.7. The molecule has 2 aromatic rings. The lowest BCUT2D eigenvalue weighted by Gasteiger charge is -2.09. The fourth-order valence-electron chi connectivity index (χ4n) is 1.89. The van der Waals surface area contributed by atoms with Gasteiger partial charge in [0.25, 0.3) is 5.91 Å². The number of carbonyl (C=O) groups excluding carboxylic acids is 1. The molecule has 0 radical (unpaired) electrons. The summed E-state index contributed by atoms with van der Waals surface area (Å²) < 4.78 is 6.40. The molecular weight excluding hydrogens is 332 g/mol. The van der Waals surface area contributed by atoms with E-state index in [-0.39, 0.29) is 5.91 Å². The Hall–Kier alpha value is -2.01. The van der Waals surface area contributed by atoms with Crippen molar-refractivity contribution in [3.8, 4) is 5.75 Å². The standard InChI is InChI=1S/C16H17BrN2O2/c1-2-21-15-8-12(7-14(18)9-15)16(20)19-10-11-3-5-13(17)6-4-11/h3-9H,2,10,18H2,1H3,(H,19,20). The van der Waals surface area contributed by atoms with Crippen molar-refractivity contribution in [2.45, 2.75) is 13.5 Å². The summed E-state index contributed by atoms with van der Waals surface area (Å²) in [5.41, 5.74) is 7.82. The lowest BCUT2D eigenvalue weighted by molar-refractivity contribution is 0.0950. The second-order valence-electron chi connectivity index (χ2n) is 4.53. The van der Waals surface area contributed by atoms with Crippen LogP contribution in [0, 0.1) is 0 Å². The molecule has 0 fully saturated rings. The molecule has 21 heavy (non-hydrogen) atoms. The van der Waals surface area contributed by atoms with E-state index >= 15 is 0 Å². The van der Waals surface area contributed by atoms with Gasteiger partial charge in [-0.15, -0.1) is 0 Å². The van der Waals surface area contributed by atoms with Gasteiger partial charge < -0.3 is 15.8 Å². The third-order valence-electron chi connectivity index (χ3n) is 2.87. The highest BCUT2D eigenvalue weighted by atomic mass is 79.9. The van der Waals surface area contributed by atoms with Crippen LogP contribution >= 0.6 is 15.9 Å². The highest BCUT2D eigenvalue weighted by Gasteiger charge is 2.08. The molecule has 0 saturated carbocycles. The largest absolute Gasteiger partial charge is 0.494 e. The maximum atomic E-state index is 12.2. The summed E-state index contributed by atoms with van der Waals surface area (Å²) in [6.45, 7) is 2.88. The fourth-order valence-corrected chi connectivity index (χ4v) is 2.15. The van der Waals surface area contributed by atoms with E-state index in [0.29, 0.717) is 30.2 Å². The fraction of sp³-hybridized carbons (Fsp3) is 0.188. The second kappa shape index (κ2) is 7.13. The van der Waals surface area contributed by atoms with Gasteiger partial charge in [-0.3, -0.25) is 4.79 Å². The molecule has 0 bridgehead atoms. The number of benzene rings is 2. The Morgan fingerprint density at radius 1 is 1.24 bits per heavy atom. The van der Waals surface area contributed by atoms with Gasteiger partial charge in [0, 0.05) is 28.3 Å². The average Bonchev–Trinajstić information content (AvgIpc) is 2.46. The third-order valence-corrected chi connectivity index (χ3v) is 3.40. The lowest BCUT2D eigenvalue weighted by Crippen LogP contribution is -2.23. The summed E-state index contributed by atoms with van der Waals surface area (Å²) in [5, 5.41) is 2.87. The number of nitrogen functional groups attached to an aromatic ring is 1. The highest BCUT2D eigenvalue weighted by molar-refractivity contribution is 9.10. The summed E-state index contributed by atoms with van der Waals surface area (Å²) in [4.78, 5) is 12.2. The topological polar surface area (TPSA) is 64.3 Å². The van der Waals surface area contributed by atoms with Gasteiger partial charge in [-0.25, -0.2) is 0 Å². The van der Waals surface area contributed by atoms with E-state index in [2.05, 4.69) is 21.2 Å². The van der Waals surface area contributed by atoms with Crippen molar-refractivity contribution < 1.29 is 9.53 Å². The monoisotopic (exact) mass is 348 g/mol. The van der Waals surface area contributed by atoms with E-state index in [4.69, 9.17) is 10.5 Å². The number of nitrogens with two attached hydrogens (primary N) is 1. The van der Waals surface area contributed by atoms with E-state index in [1.807, 2.05) is 31.2 Å². The zero-order chi connectivity index (χ0) is 15.2. The maximum absolute atomic E-state index is 12.2. The summed E-state index contributed by atoms with van der Waals surface area (Å²) in [6, 6.07) is 12.8. The van der Waals surface area contributed by atoms with Crippen LogP contribution in [0.25, 0.3) is 0 Å². The number of hydrogen-bond donors (Lipinski definition) is 2. The number of nitrogens with one attached hydrogen (secondary N) is 1. The number of anilines is 1. The van der Waals surface area contributed by atoms with Crippen LogP contribution in [0.15, 0.2) is 46.9 Å². The first-order valence-electron chi connectivity index (χ1n) is 6.64. The normalized spacial score (nSPS) is 10.2. The molecule has 0 aliphatic heterocycles. The van der Waals surface area contributed by atoms with Gasteiger partial charge in [0.2, 0.25) is 0 Å². The molecule has 3 N–H and O–H groups in total. The molecule has 2 aromatic carbocycles. The number of hydrogen-bond acceptors (Lipinski definition) is 3. The zero-order valence-corrected chi connectivity index (χ0v) is 13.3. The van der Waals surface area contributed by atoms with Crippen molar-refractivity contribution in [2.24, 2.45) is 0 Å². The summed E-state index contributed by atoms with van der Waals surface area (Å²) in [5.74, 6) is 0.428. The van der Waals surface area contributed by atoms with Crippen LogP contribution in [0.1, 0.15) is 22.8 Å².